The molecule has 30 heavy (non-hydrogen) atoms. The highest BCUT2D eigenvalue weighted by molar-refractivity contribution is 7.09. The van der Waals surface area contributed by atoms with Gasteiger partial charge in [-0.1, -0.05) is 12.1 Å². The van der Waals surface area contributed by atoms with E-state index in [4.69, 9.17) is 9.47 Å². The summed E-state index contributed by atoms with van der Waals surface area (Å²) in [5.74, 6) is 0.179. The summed E-state index contributed by atoms with van der Waals surface area (Å²) >= 11 is 1.46. The Morgan fingerprint density at radius 1 is 1.10 bits per heavy atom. The molecule has 1 amide bonds. The van der Waals surface area contributed by atoms with Crippen molar-refractivity contribution >= 4 is 28.9 Å². The van der Waals surface area contributed by atoms with Gasteiger partial charge in [0.25, 0.3) is 0 Å². The van der Waals surface area contributed by atoms with Crippen molar-refractivity contribution in [2.75, 3.05) is 11.9 Å². The third-order valence-corrected chi connectivity index (χ3v) is 5.31. The van der Waals surface area contributed by atoms with Crippen molar-refractivity contribution in [2.24, 2.45) is 0 Å². The first kappa shape index (κ1) is 21.5. The number of aryl methyl sites for hydroxylation is 2. The predicted octanol–water partition coefficient (Wildman–Crippen LogP) is 4.70. The zero-order valence-electron chi connectivity index (χ0n) is 17.2. The van der Waals surface area contributed by atoms with E-state index >= 15 is 0 Å². The maximum absolute atomic E-state index is 12.4. The van der Waals surface area contributed by atoms with E-state index < -0.39 is 5.97 Å². The molecule has 3 aromatic rings. The molecule has 0 saturated carbocycles. The lowest BCUT2D eigenvalue weighted by molar-refractivity contribution is -0.115. The van der Waals surface area contributed by atoms with Gasteiger partial charge in [-0.2, -0.15) is 0 Å². The number of hydrogen-bond acceptors (Lipinski definition) is 6. The standard InChI is InChI=1S/C23H24N2O4S/c1-4-28-23(27)17-6-5-7-18(11-17)24-21(26)12-19-14-30-22(25-19)13-29-20-9-8-15(2)16(3)10-20/h5-11,14H,4,12-13H2,1-3H3,(H,24,26). The molecule has 0 unspecified atom stereocenters. The van der Waals surface area contributed by atoms with Crippen LogP contribution in [-0.2, 0) is 22.6 Å². The van der Waals surface area contributed by atoms with Gasteiger partial charge in [0.05, 0.1) is 24.3 Å². The third-order valence-electron chi connectivity index (χ3n) is 4.44. The smallest absolute Gasteiger partial charge is 0.338 e. The molecule has 1 heterocycles. The summed E-state index contributed by atoms with van der Waals surface area (Å²) < 4.78 is 10.8. The lowest BCUT2D eigenvalue weighted by atomic mass is 10.1. The fraction of sp³-hybridized carbons (Fsp3) is 0.261. The zero-order valence-corrected chi connectivity index (χ0v) is 18.0. The number of nitrogens with one attached hydrogen (secondary N) is 1. The Bertz CT molecular complexity index is 1050. The van der Waals surface area contributed by atoms with Gasteiger partial charge in [-0.15, -0.1) is 11.3 Å². The molecule has 0 aliphatic carbocycles. The summed E-state index contributed by atoms with van der Waals surface area (Å²) in [6.45, 7) is 6.51. The van der Waals surface area contributed by atoms with Gasteiger partial charge in [0.1, 0.15) is 17.4 Å². The van der Waals surface area contributed by atoms with E-state index in [1.54, 1.807) is 31.2 Å². The third kappa shape index (κ3) is 5.90. The number of amides is 1. The number of nitrogens with zero attached hydrogens (tertiary/aromatic N) is 1. The summed E-state index contributed by atoms with van der Waals surface area (Å²) in [5, 5.41) is 5.45. The molecule has 7 heteroatoms. The largest absolute Gasteiger partial charge is 0.486 e. The van der Waals surface area contributed by atoms with Crippen LogP contribution in [0, 0.1) is 13.8 Å². The summed E-state index contributed by atoms with van der Waals surface area (Å²) in [7, 11) is 0. The second-order valence-electron chi connectivity index (χ2n) is 6.79. The summed E-state index contributed by atoms with van der Waals surface area (Å²) in [6.07, 6.45) is 0.143. The van der Waals surface area contributed by atoms with E-state index in [-0.39, 0.29) is 12.3 Å². The van der Waals surface area contributed by atoms with E-state index in [1.807, 2.05) is 30.5 Å². The Morgan fingerprint density at radius 3 is 2.70 bits per heavy atom. The van der Waals surface area contributed by atoms with Crippen molar-refractivity contribution in [3.63, 3.8) is 0 Å². The maximum Gasteiger partial charge on any atom is 0.338 e. The first-order chi connectivity index (χ1) is 14.4. The van der Waals surface area contributed by atoms with Crippen molar-refractivity contribution in [3.05, 3.63) is 75.2 Å². The van der Waals surface area contributed by atoms with Crippen molar-refractivity contribution in [2.45, 2.75) is 33.8 Å². The molecule has 0 atom stereocenters. The van der Waals surface area contributed by atoms with Crippen LogP contribution in [0.1, 0.15) is 39.1 Å². The topological polar surface area (TPSA) is 77.5 Å². The van der Waals surface area contributed by atoms with Crippen molar-refractivity contribution < 1.29 is 19.1 Å². The molecule has 1 N–H and O–H groups in total. The average Bonchev–Trinajstić information content (AvgIpc) is 3.16. The Balaban J connectivity index is 1.54. The molecule has 0 saturated heterocycles. The zero-order chi connectivity index (χ0) is 21.5. The van der Waals surface area contributed by atoms with Crippen LogP contribution in [0.5, 0.6) is 5.75 Å². The second kappa shape index (κ2) is 10.0. The number of aromatic nitrogens is 1. The Labute approximate surface area is 179 Å². The van der Waals surface area contributed by atoms with Crippen molar-refractivity contribution in [1.29, 1.82) is 0 Å². The first-order valence-electron chi connectivity index (χ1n) is 9.65. The lowest BCUT2D eigenvalue weighted by Gasteiger charge is -2.07. The van der Waals surface area contributed by atoms with Gasteiger partial charge in [-0.3, -0.25) is 4.79 Å². The highest BCUT2D eigenvalue weighted by Crippen LogP contribution is 2.19. The van der Waals surface area contributed by atoms with Crippen LogP contribution in [0.3, 0.4) is 0 Å². The molecule has 2 aromatic carbocycles. The maximum atomic E-state index is 12.4. The number of esters is 1. The lowest BCUT2D eigenvalue weighted by Crippen LogP contribution is -2.15. The number of carbonyl (C=O) groups is 2. The van der Waals surface area contributed by atoms with Gasteiger partial charge in [0, 0.05) is 11.1 Å². The molecule has 0 aliphatic heterocycles. The predicted molar refractivity (Wildman–Crippen MR) is 117 cm³/mol. The van der Waals surface area contributed by atoms with E-state index in [1.165, 1.54) is 22.5 Å². The number of ether oxygens (including phenoxy) is 2. The highest BCUT2D eigenvalue weighted by atomic mass is 32.1. The van der Waals surface area contributed by atoms with E-state index in [0.717, 1.165) is 10.8 Å². The molecule has 0 bridgehead atoms. The minimum absolute atomic E-state index is 0.143. The average molecular weight is 425 g/mol. The number of hydrogen-bond donors (Lipinski definition) is 1. The molecule has 0 fully saturated rings. The number of rotatable bonds is 8. The summed E-state index contributed by atoms with van der Waals surface area (Å²) in [5.41, 5.74) is 4.01. The molecule has 1 aromatic heterocycles. The van der Waals surface area contributed by atoms with E-state index in [9.17, 15) is 9.59 Å². The monoisotopic (exact) mass is 424 g/mol. The van der Waals surface area contributed by atoms with Crippen LogP contribution in [0.4, 0.5) is 5.69 Å². The Morgan fingerprint density at radius 2 is 1.93 bits per heavy atom. The Hall–Kier alpha value is -3.19. The fourth-order valence-corrected chi connectivity index (χ4v) is 3.46. The number of benzene rings is 2. The van der Waals surface area contributed by atoms with Gasteiger partial charge >= 0.3 is 5.97 Å². The van der Waals surface area contributed by atoms with Gasteiger partial charge in [-0.05, 0) is 62.2 Å². The van der Waals surface area contributed by atoms with Crippen molar-refractivity contribution in [3.8, 4) is 5.75 Å². The quantitative estimate of drug-likeness (QED) is 0.531. The van der Waals surface area contributed by atoms with Gasteiger partial charge in [0.15, 0.2) is 0 Å². The van der Waals surface area contributed by atoms with Crippen LogP contribution >= 0.6 is 11.3 Å². The molecular formula is C23H24N2O4S. The van der Waals surface area contributed by atoms with Crippen molar-refractivity contribution in [1.82, 2.24) is 4.98 Å². The van der Waals surface area contributed by atoms with Gasteiger partial charge in [-0.25, -0.2) is 9.78 Å². The highest BCUT2D eigenvalue weighted by Gasteiger charge is 2.11. The Kier molecular flexibility index (Phi) is 7.19. The van der Waals surface area contributed by atoms with Crippen LogP contribution < -0.4 is 10.1 Å². The SMILES string of the molecule is CCOC(=O)c1cccc(NC(=O)Cc2csc(COc3ccc(C)c(C)c3)n2)c1. The minimum atomic E-state index is -0.415. The molecule has 0 aliphatic rings. The number of thiazole rings is 1. The molecule has 0 spiro atoms. The van der Waals surface area contributed by atoms with Crippen LogP contribution in [0.15, 0.2) is 47.8 Å². The summed E-state index contributed by atoms with van der Waals surface area (Å²) in [6, 6.07) is 12.6. The molecular weight excluding hydrogens is 400 g/mol. The van der Waals surface area contributed by atoms with Crippen LogP contribution in [0.2, 0.25) is 0 Å². The number of carbonyl (C=O) groups excluding carboxylic acids is 2. The second-order valence-corrected chi connectivity index (χ2v) is 7.74. The molecule has 6 nitrogen and oxygen atoms in total. The summed E-state index contributed by atoms with van der Waals surface area (Å²) in [4.78, 5) is 28.6. The van der Waals surface area contributed by atoms with Gasteiger partial charge < -0.3 is 14.8 Å². The normalized spacial score (nSPS) is 10.5. The fourth-order valence-electron chi connectivity index (χ4n) is 2.75. The first-order valence-corrected chi connectivity index (χ1v) is 10.5. The minimum Gasteiger partial charge on any atom is -0.486 e. The van der Waals surface area contributed by atoms with E-state index in [0.29, 0.717) is 30.2 Å². The number of anilines is 1. The van der Waals surface area contributed by atoms with Crippen LogP contribution in [0.25, 0.3) is 0 Å². The molecule has 3 rings (SSSR count). The molecule has 156 valence electrons. The van der Waals surface area contributed by atoms with Crippen LogP contribution in [-0.4, -0.2) is 23.5 Å². The van der Waals surface area contributed by atoms with Gasteiger partial charge in [0.2, 0.25) is 5.91 Å². The molecule has 0 radical (unpaired) electrons. The van der Waals surface area contributed by atoms with E-state index in [2.05, 4.69) is 17.2 Å².